The predicted octanol–water partition coefficient (Wildman–Crippen LogP) is 6.10. The Bertz CT molecular complexity index is 232. The van der Waals surface area contributed by atoms with Crippen LogP contribution in [0.1, 0.15) is 77.6 Å². The van der Waals surface area contributed by atoms with E-state index in [4.69, 9.17) is 11.6 Å². The number of rotatable bonds is 11. The third kappa shape index (κ3) is 15.6. The van der Waals surface area contributed by atoms with Crippen molar-refractivity contribution in [3.63, 3.8) is 0 Å². The van der Waals surface area contributed by atoms with Gasteiger partial charge < -0.3 is 0 Å². The van der Waals surface area contributed by atoms with Gasteiger partial charge in [0.05, 0.1) is 0 Å². The second-order valence-corrected chi connectivity index (χ2v) is 5.16. The fourth-order valence-corrected chi connectivity index (χ4v) is 1.98. The van der Waals surface area contributed by atoms with Crippen LogP contribution in [0.5, 0.6) is 0 Å². The summed E-state index contributed by atoms with van der Waals surface area (Å²) in [7, 11) is 0. The van der Waals surface area contributed by atoms with E-state index in [0.717, 1.165) is 12.3 Å². The van der Waals surface area contributed by atoms with E-state index in [1.54, 1.807) is 0 Å². The van der Waals surface area contributed by atoms with Gasteiger partial charge in [-0.3, -0.25) is 0 Å². The lowest BCUT2D eigenvalue weighted by Gasteiger charge is -1.98. The van der Waals surface area contributed by atoms with Crippen LogP contribution in [0.4, 0.5) is 0 Å². The van der Waals surface area contributed by atoms with E-state index in [1.807, 2.05) is 6.08 Å². The number of unbranched alkanes of at least 4 members (excludes halogenated alkanes) is 9. The maximum Gasteiger partial charge on any atom is 0.0223 e. The topological polar surface area (TPSA) is 0 Å². The third-order valence-corrected chi connectivity index (χ3v) is 3.23. The molecule has 0 nitrogen and oxygen atoms in total. The summed E-state index contributed by atoms with van der Waals surface area (Å²) < 4.78 is 0. The van der Waals surface area contributed by atoms with Crippen LogP contribution in [-0.4, -0.2) is 5.88 Å². The molecule has 0 aromatic heterocycles. The average molecular weight is 269 g/mol. The fraction of sp³-hybridized carbons (Fsp3) is 0.765. The van der Waals surface area contributed by atoms with Crippen molar-refractivity contribution in [3.05, 3.63) is 12.2 Å². The Kier molecular flexibility index (Phi) is 16.2. The van der Waals surface area contributed by atoms with Crippen molar-refractivity contribution in [2.24, 2.45) is 0 Å². The molecular weight excluding hydrogens is 240 g/mol. The van der Waals surface area contributed by atoms with Crippen LogP contribution in [-0.2, 0) is 0 Å². The molecule has 0 amide bonds. The Morgan fingerprint density at radius 2 is 1.56 bits per heavy atom. The minimum atomic E-state index is 0.821. The van der Waals surface area contributed by atoms with Gasteiger partial charge in [0, 0.05) is 12.3 Å². The Morgan fingerprint density at radius 1 is 0.889 bits per heavy atom. The first-order valence-electron chi connectivity index (χ1n) is 7.61. The van der Waals surface area contributed by atoms with E-state index >= 15 is 0 Å². The van der Waals surface area contributed by atoms with Crippen LogP contribution in [0.2, 0.25) is 0 Å². The summed E-state index contributed by atoms with van der Waals surface area (Å²) in [6.45, 7) is 2.22. The molecule has 1 heteroatoms. The van der Waals surface area contributed by atoms with Crippen LogP contribution in [0.3, 0.4) is 0 Å². The van der Waals surface area contributed by atoms with Crippen LogP contribution in [0, 0.1) is 11.8 Å². The van der Waals surface area contributed by atoms with Gasteiger partial charge in [-0.25, -0.2) is 0 Å². The number of hydrogen-bond acceptors (Lipinski definition) is 0. The lowest BCUT2D eigenvalue weighted by Crippen LogP contribution is -1.81. The zero-order chi connectivity index (χ0) is 13.3. The highest BCUT2D eigenvalue weighted by atomic mass is 35.5. The summed E-state index contributed by atoms with van der Waals surface area (Å²) in [6, 6.07) is 0. The summed E-state index contributed by atoms with van der Waals surface area (Å²) in [5, 5.41) is 0. The average Bonchev–Trinajstić information content (AvgIpc) is 2.39. The van der Waals surface area contributed by atoms with E-state index in [0.29, 0.717) is 0 Å². The van der Waals surface area contributed by atoms with Crippen molar-refractivity contribution in [1.29, 1.82) is 0 Å². The molecule has 0 aromatic carbocycles. The molecule has 18 heavy (non-hydrogen) atoms. The van der Waals surface area contributed by atoms with Gasteiger partial charge in [-0.05, 0) is 25.3 Å². The van der Waals surface area contributed by atoms with Gasteiger partial charge in [0.15, 0.2) is 0 Å². The van der Waals surface area contributed by atoms with Gasteiger partial charge >= 0.3 is 0 Å². The Morgan fingerprint density at radius 3 is 2.22 bits per heavy atom. The fourth-order valence-electron chi connectivity index (χ4n) is 1.79. The molecule has 0 aliphatic rings. The summed E-state index contributed by atoms with van der Waals surface area (Å²) in [6.07, 6.45) is 18.1. The number of hydrogen-bond donors (Lipinski definition) is 0. The van der Waals surface area contributed by atoms with Crippen LogP contribution in [0.15, 0.2) is 12.2 Å². The Balaban J connectivity index is 3.15. The largest absolute Gasteiger partial charge is 0.127 e. The normalized spacial score (nSPS) is 10.6. The highest BCUT2D eigenvalue weighted by Crippen LogP contribution is 2.08. The van der Waals surface area contributed by atoms with E-state index in [-0.39, 0.29) is 0 Å². The van der Waals surface area contributed by atoms with Gasteiger partial charge in [-0.1, -0.05) is 69.8 Å². The van der Waals surface area contributed by atoms with E-state index in [9.17, 15) is 0 Å². The lowest BCUT2D eigenvalue weighted by atomic mass is 10.1. The molecule has 0 bridgehead atoms. The summed E-state index contributed by atoms with van der Waals surface area (Å²) >= 11 is 5.63. The van der Waals surface area contributed by atoms with E-state index in [1.165, 1.54) is 64.2 Å². The second kappa shape index (κ2) is 16.6. The summed E-state index contributed by atoms with van der Waals surface area (Å²) in [5.74, 6) is 7.16. The molecule has 0 heterocycles. The van der Waals surface area contributed by atoms with Crippen LogP contribution < -0.4 is 0 Å². The number of halogens is 1. The van der Waals surface area contributed by atoms with E-state index < -0.39 is 0 Å². The van der Waals surface area contributed by atoms with Crippen molar-refractivity contribution >= 4 is 11.6 Å². The quantitative estimate of drug-likeness (QED) is 0.241. The molecule has 0 N–H and O–H groups in total. The zero-order valence-corrected chi connectivity index (χ0v) is 12.8. The molecule has 0 rings (SSSR count). The van der Waals surface area contributed by atoms with Gasteiger partial charge in [-0.2, -0.15) is 0 Å². The SMILES string of the molecule is CCCC/C=C\C#CCCCCCCCCCCl. The maximum atomic E-state index is 5.63. The lowest BCUT2D eigenvalue weighted by molar-refractivity contribution is 0.595. The van der Waals surface area contributed by atoms with Crippen LogP contribution in [0.25, 0.3) is 0 Å². The number of alkyl halides is 1. The third-order valence-electron chi connectivity index (χ3n) is 2.96. The molecule has 0 spiro atoms. The minimum absolute atomic E-state index is 0.821. The van der Waals surface area contributed by atoms with Crippen molar-refractivity contribution in [2.75, 3.05) is 5.88 Å². The van der Waals surface area contributed by atoms with Gasteiger partial charge in [0.2, 0.25) is 0 Å². The molecule has 0 atom stereocenters. The first-order valence-corrected chi connectivity index (χ1v) is 8.14. The molecule has 0 radical (unpaired) electrons. The molecule has 0 aliphatic carbocycles. The highest BCUT2D eigenvalue weighted by Gasteiger charge is 1.90. The molecule has 104 valence electrons. The first-order chi connectivity index (χ1) is 8.91. The molecule has 0 saturated carbocycles. The monoisotopic (exact) mass is 268 g/mol. The van der Waals surface area contributed by atoms with Gasteiger partial charge in [0.1, 0.15) is 0 Å². The van der Waals surface area contributed by atoms with E-state index in [2.05, 4.69) is 24.8 Å². The Labute approximate surface area is 119 Å². The number of allylic oxidation sites excluding steroid dienone is 2. The Hall–Kier alpha value is -0.410. The smallest absolute Gasteiger partial charge is 0.0223 e. The van der Waals surface area contributed by atoms with Crippen molar-refractivity contribution in [2.45, 2.75) is 77.6 Å². The standard InChI is InChI=1S/C17H29Cl/c1-2-3-4-5-6-7-8-9-10-11-12-13-14-15-16-17-18/h5-6H,2-4,9-17H2,1H3/b6-5-. The minimum Gasteiger partial charge on any atom is -0.127 e. The molecule has 0 unspecified atom stereocenters. The predicted molar refractivity (Wildman–Crippen MR) is 84.1 cm³/mol. The zero-order valence-electron chi connectivity index (χ0n) is 12.0. The van der Waals surface area contributed by atoms with Crippen molar-refractivity contribution in [1.82, 2.24) is 0 Å². The molecule has 0 saturated heterocycles. The summed E-state index contributed by atoms with van der Waals surface area (Å²) in [5.41, 5.74) is 0. The maximum absolute atomic E-state index is 5.63. The second-order valence-electron chi connectivity index (χ2n) is 4.78. The first kappa shape index (κ1) is 17.6. The van der Waals surface area contributed by atoms with Gasteiger partial charge in [-0.15, -0.1) is 11.6 Å². The molecule has 0 aromatic rings. The summed E-state index contributed by atoms with van der Waals surface area (Å²) in [4.78, 5) is 0. The highest BCUT2D eigenvalue weighted by molar-refractivity contribution is 6.17. The van der Waals surface area contributed by atoms with Crippen molar-refractivity contribution < 1.29 is 0 Å². The molecule has 0 fully saturated rings. The molecular formula is C17H29Cl. The molecule has 0 aliphatic heterocycles. The van der Waals surface area contributed by atoms with Gasteiger partial charge in [0.25, 0.3) is 0 Å². The van der Waals surface area contributed by atoms with Crippen LogP contribution >= 0.6 is 11.6 Å². The van der Waals surface area contributed by atoms with Crippen molar-refractivity contribution in [3.8, 4) is 11.8 Å².